The SMILES string of the molecule is NNC(CSc1cccc(Br)c1)CC1CC2CCC1C2. The monoisotopic (exact) mass is 354 g/mol. The zero-order valence-electron chi connectivity index (χ0n) is 11.7. The van der Waals surface area contributed by atoms with Gasteiger partial charge in [0, 0.05) is 21.2 Å². The van der Waals surface area contributed by atoms with Crippen molar-refractivity contribution in [2.45, 2.75) is 43.0 Å². The Hall–Kier alpha value is -0.0300. The number of nitrogens with two attached hydrogens (primary N) is 1. The fourth-order valence-electron chi connectivity index (χ4n) is 3.97. The molecular formula is C16H23BrN2S. The summed E-state index contributed by atoms with van der Waals surface area (Å²) in [5.74, 6) is 9.76. The van der Waals surface area contributed by atoms with Crippen LogP contribution in [-0.4, -0.2) is 11.8 Å². The summed E-state index contributed by atoms with van der Waals surface area (Å²) in [6.07, 6.45) is 7.13. The van der Waals surface area contributed by atoms with Gasteiger partial charge in [0.05, 0.1) is 0 Å². The lowest BCUT2D eigenvalue weighted by Crippen LogP contribution is -2.39. The van der Waals surface area contributed by atoms with Gasteiger partial charge in [-0.1, -0.05) is 28.4 Å². The summed E-state index contributed by atoms with van der Waals surface area (Å²) in [5, 5.41) is 0. The van der Waals surface area contributed by atoms with E-state index in [-0.39, 0.29) is 0 Å². The van der Waals surface area contributed by atoms with E-state index in [0.717, 1.165) is 28.0 Å². The minimum atomic E-state index is 0.434. The number of rotatable bonds is 6. The van der Waals surface area contributed by atoms with E-state index in [1.54, 1.807) is 0 Å². The predicted octanol–water partition coefficient (Wildman–Crippen LogP) is 4.20. The molecule has 0 amide bonds. The van der Waals surface area contributed by atoms with E-state index < -0.39 is 0 Å². The molecule has 20 heavy (non-hydrogen) atoms. The van der Waals surface area contributed by atoms with Crippen LogP contribution in [0.3, 0.4) is 0 Å². The third-order valence-electron chi connectivity index (χ3n) is 4.95. The maximum absolute atomic E-state index is 5.77. The molecule has 0 radical (unpaired) electrons. The fourth-order valence-corrected chi connectivity index (χ4v) is 5.53. The second-order valence-corrected chi connectivity index (χ2v) is 8.31. The Kier molecular flexibility index (Phi) is 5.08. The number of thioether (sulfide) groups is 1. The highest BCUT2D eigenvalue weighted by molar-refractivity contribution is 9.10. The molecule has 2 fully saturated rings. The molecule has 4 unspecified atom stereocenters. The van der Waals surface area contributed by atoms with Crippen molar-refractivity contribution in [3.63, 3.8) is 0 Å². The van der Waals surface area contributed by atoms with Gasteiger partial charge < -0.3 is 0 Å². The standard InChI is InChI=1S/C16H23BrN2S/c17-14-2-1-3-16(9-14)20-10-15(19-18)8-13-7-11-4-5-12(13)6-11/h1-3,9,11-13,15,19H,4-8,10,18H2. The molecule has 1 aromatic carbocycles. The van der Waals surface area contributed by atoms with Gasteiger partial charge in [-0.25, -0.2) is 0 Å². The number of benzene rings is 1. The Morgan fingerprint density at radius 2 is 2.25 bits per heavy atom. The maximum atomic E-state index is 5.77. The molecular weight excluding hydrogens is 332 g/mol. The molecule has 0 aliphatic heterocycles. The zero-order chi connectivity index (χ0) is 13.9. The van der Waals surface area contributed by atoms with Crippen molar-refractivity contribution in [3.05, 3.63) is 28.7 Å². The third kappa shape index (κ3) is 3.59. The van der Waals surface area contributed by atoms with Gasteiger partial charge >= 0.3 is 0 Å². The van der Waals surface area contributed by atoms with Crippen molar-refractivity contribution < 1.29 is 0 Å². The largest absolute Gasteiger partial charge is 0.271 e. The summed E-state index contributed by atoms with van der Waals surface area (Å²) >= 11 is 5.42. The molecule has 0 aromatic heterocycles. The topological polar surface area (TPSA) is 38.0 Å². The average Bonchev–Trinajstić information content (AvgIpc) is 3.06. The lowest BCUT2D eigenvalue weighted by molar-refractivity contribution is 0.287. The molecule has 0 saturated heterocycles. The molecule has 0 spiro atoms. The molecule has 2 nitrogen and oxygen atoms in total. The fraction of sp³-hybridized carbons (Fsp3) is 0.625. The van der Waals surface area contributed by atoms with Gasteiger partial charge in [0.1, 0.15) is 0 Å². The van der Waals surface area contributed by atoms with Crippen LogP contribution in [0.4, 0.5) is 0 Å². The van der Waals surface area contributed by atoms with Crippen molar-refractivity contribution >= 4 is 27.7 Å². The van der Waals surface area contributed by atoms with Gasteiger partial charge in [-0.05, 0) is 61.6 Å². The first kappa shape index (κ1) is 14.9. The van der Waals surface area contributed by atoms with Gasteiger partial charge in [-0.3, -0.25) is 11.3 Å². The van der Waals surface area contributed by atoms with Crippen molar-refractivity contribution in [2.75, 3.05) is 5.75 Å². The van der Waals surface area contributed by atoms with E-state index in [0.29, 0.717) is 6.04 Å². The van der Waals surface area contributed by atoms with Crippen LogP contribution < -0.4 is 11.3 Å². The van der Waals surface area contributed by atoms with Gasteiger partial charge in [0.15, 0.2) is 0 Å². The first-order valence-electron chi connectivity index (χ1n) is 7.59. The minimum Gasteiger partial charge on any atom is -0.271 e. The zero-order valence-corrected chi connectivity index (χ0v) is 14.1. The van der Waals surface area contributed by atoms with E-state index in [9.17, 15) is 0 Å². The Morgan fingerprint density at radius 1 is 1.35 bits per heavy atom. The first-order chi connectivity index (χ1) is 9.74. The summed E-state index contributed by atoms with van der Waals surface area (Å²) in [6, 6.07) is 8.94. The molecule has 3 N–H and O–H groups in total. The maximum Gasteiger partial charge on any atom is 0.0307 e. The van der Waals surface area contributed by atoms with E-state index >= 15 is 0 Å². The number of nitrogens with one attached hydrogen (secondary N) is 1. The summed E-state index contributed by atoms with van der Waals surface area (Å²) in [4.78, 5) is 1.31. The van der Waals surface area contributed by atoms with Gasteiger partial charge in [0.2, 0.25) is 0 Å². The van der Waals surface area contributed by atoms with E-state index in [1.165, 1.54) is 37.0 Å². The molecule has 3 rings (SSSR count). The van der Waals surface area contributed by atoms with Crippen LogP contribution in [0.2, 0.25) is 0 Å². The summed E-state index contributed by atoms with van der Waals surface area (Å²) in [7, 11) is 0. The van der Waals surface area contributed by atoms with Crippen LogP contribution in [-0.2, 0) is 0 Å². The minimum absolute atomic E-state index is 0.434. The number of halogens is 1. The van der Waals surface area contributed by atoms with Crippen LogP contribution in [0, 0.1) is 17.8 Å². The summed E-state index contributed by atoms with van der Waals surface area (Å²) in [6.45, 7) is 0. The van der Waals surface area contributed by atoms with Crippen LogP contribution in [0.25, 0.3) is 0 Å². The Morgan fingerprint density at radius 3 is 2.90 bits per heavy atom. The van der Waals surface area contributed by atoms with Crippen molar-refractivity contribution in [3.8, 4) is 0 Å². The highest BCUT2D eigenvalue weighted by atomic mass is 79.9. The first-order valence-corrected chi connectivity index (χ1v) is 9.37. The number of fused-ring (bicyclic) bond motifs is 2. The van der Waals surface area contributed by atoms with Gasteiger partial charge in [-0.2, -0.15) is 0 Å². The molecule has 2 bridgehead atoms. The van der Waals surface area contributed by atoms with Crippen LogP contribution in [0.1, 0.15) is 32.1 Å². The average molecular weight is 355 g/mol. The Labute approximate surface area is 134 Å². The summed E-state index contributed by atoms with van der Waals surface area (Å²) in [5.41, 5.74) is 3.04. The highest BCUT2D eigenvalue weighted by Gasteiger charge is 2.39. The van der Waals surface area contributed by atoms with Gasteiger partial charge in [0.25, 0.3) is 0 Å². The van der Waals surface area contributed by atoms with Crippen molar-refractivity contribution in [1.82, 2.24) is 5.43 Å². The smallest absolute Gasteiger partial charge is 0.0307 e. The lowest BCUT2D eigenvalue weighted by Gasteiger charge is -2.26. The van der Waals surface area contributed by atoms with E-state index in [1.807, 2.05) is 11.8 Å². The second kappa shape index (κ2) is 6.82. The van der Waals surface area contributed by atoms with E-state index in [2.05, 4.69) is 45.6 Å². The molecule has 110 valence electrons. The summed E-state index contributed by atoms with van der Waals surface area (Å²) < 4.78 is 1.15. The molecule has 1 aromatic rings. The van der Waals surface area contributed by atoms with E-state index in [4.69, 9.17) is 5.84 Å². The third-order valence-corrected chi connectivity index (χ3v) is 6.60. The normalized spacial score (nSPS) is 29.8. The molecule has 2 aliphatic rings. The molecule has 4 atom stereocenters. The number of hydrogen-bond acceptors (Lipinski definition) is 3. The quantitative estimate of drug-likeness (QED) is 0.456. The lowest BCUT2D eigenvalue weighted by atomic mass is 9.84. The Balaban J connectivity index is 1.50. The Bertz CT molecular complexity index is 454. The van der Waals surface area contributed by atoms with Gasteiger partial charge in [-0.15, -0.1) is 11.8 Å². The molecule has 2 aliphatic carbocycles. The van der Waals surface area contributed by atoms with Crippen LogP contribution >= 0.6 is 27.7 Å². The van der Waals surface area contributed by atoms with Crippen LogP contribution in [0.5, 0.6) is 0 Å². The number of hydrazine groups is 1. The molecule has 2 saturated carbocycles. The number of hydrogen-bond donors (Lipinski definition) is 2. The van der Waals surface area contributed by atoms with Crippen LogP contribution in [0.15, 0.2) is 33.6 Å². The van der Waals surface area contributed by atoms with Crippen molar-refractivity contribution in [1.29, 1.82) is 0 Å². The van der Waals surface area contributed by atoms with Crippen molar-refractivity contribution in [2.24, 2.45) is 23.6 Å². The predicted molar refractivity (Wildman–Crippen MR) is 89.5 cm³/mol. The second-order valence-electron chi connectivity index (χ2n) is 6.30. The molecule has 0 heterocycles. The molecule has 4 heteroatoms. The highest BCUT2D eigenvalue weighted by Crippen LogP contribution is 2.50.